The monoisotopic (exact) mass is 274 g/mol. The fourth-order valence-electron chi connectivity index (χ4n) is 1.75. The molecule has 0 saturated heterocycles. The number of carbonyl (C=O) groups excluding carboxylic acids is 1. The molecule has 2 rings (SSSR count). The van der Waals surface area contributed by atoms with E-state index in [1.54, 1.807) is 32.2 Å². The molecule has 104 valence electrons. The van der Waals surface area contributed by atoms with E-state index in [0.29, 0.717) is 11.4 Å². The van der Waals surface area contributed by atoms with Crippen LogP contribution in [0.5, 0.6) is 0 Å². The maximum Gasteiger partial charge on any atom is 0.271 e. The lowest BCUT2D eigenvalue weighted by molar-refractivity contribution is 0.0934. The third-order valence-corrected chi connectivity index (χ3v) is 2.86. The predicted octanol–water partition coefficient (Wildman–Crippen LogP) is 2.15. The van der Waals surface area contributed by atoms with Crippen LogP contribution in [0.2, 0.25) is 0 Å². The number of anilines is 1. The Morgan fingerprint density at radius 1 is 1.25 bits per heavy atom. The summed E-state index contributed by atoms with van der Waals surface area (Å²) in [7, 11) is 1.71. The molecule has 1 aromatic heterocycles. The average Bonchev–Trinajstić information content (AvgIpc) is 2.47. The quantitative estimate of drug-likeness (QED) is 0.896. The van der Waals surface area contributed by atoms with Gasteiger partial charge in [0.05, 0.1) is 18.4 Å². The van der Waals surface area contributed by atoms with Gasteiger partial charge in [0.15, 0.2) is 0 Å². The first-order chi connectivity index (χ1) is 9.61. The number of benzene rings is 1. The van der Waals surface area contributed by atoms with Crippen LogP contribution in [-0.2, 0) is 0 Å². The summed E-state index contributed by atoms with van der Waals surface area (Å²) in [5.41, 5.74) is 0.618. The van der Waals surface area contributed by atoms with E-state index in [2.05, 4.69) is 20.6 Å². The zero-order valence-corrected chi connectivity index (χ0v) is 11.2. The van der Waals surface area contributed by atoms with E-state index in [9.17, 15) is 9.18 Å². The Labute approximate surface area is 116 Å². The molecule has 0 spiro atoms. The van der Waals surface area contributed by atoms with Crippen LogP contribution in [0.1, 0.15) is 29.0 Å². The minimum atomic E-state index is -0.450. The average molecular weight is 274 g/mol. The number of rotatable bonds is 4. The van der Waals surface area contributed by atoms with Crippen molar-refractivity contribution in [2.75, 3.05) is 12.4 Å². The van der Waals surface area contributed by atoms with Gasteiger partial charge in [-0.1, -0.05) is 18.2 Å². The molecule has 0 bridgehead atoms. The summed E-state index contributed by atoms with van der Waals surface area (Å²) in [5, 5.41) is 5.50. The summed E-state index contributed by atoms with van der Waals surface area (Å²) in [6.07, 6.45) is 2.83. The first-order valence-electron chi connectivity index (χ1n) is 6.17. The van der Waals surface area contributed by atoms with Gasteiger partial charge in [-0.3, -0.25) is 4.79 Å². The Balaban J connectivity index is 2.09. The van der Waals surface area contributed by atoms with Gasteiger partial charge in [-0.2, -0.15) is 0 Å². The molecular formula is C14H15FN4O. The number of hydrogen-bond donors (Lipinski definition) is 2. The van der Waals surface area contributed by atoms with Crippen molar-refractivity contribution in [3.63, 3.8) is 0 Å². The van der Waals surface area contributed by atoms with Crippen LogP contribution in [0.15, 0.2) is 36.7 Å². The molecule has 1 atom stereocenters. The highest BCUT2D eigenvalue weighted by molar-refractivity contribution is 5.92. The summed E-state index contributed by atoms with van der Waals surface area (Å²) >= 11 is 0. The zero-order chi connectivity index (χ0) is 14.5. The zero-order valence-electron chi connectivity index (χ0n) is 11.2. The molecule has 1 heterocycles. The number of halogens is 1. The maximum atomic E-state index is 13.6. The molecule has 1 aromatic carbocycles. The molecule has 0 saturated carbocycles. The number of aromatic nitrogens is 2. The van der Waals surface area contributed by atoms with Crippen LogP contribution in [0.25, 0.3) is 0 Å². The molecule has 20 heavy (non-hydrogen) atoms. The number of carbonyl (C=O) groups is 1. The first kappa shape index (κ1) is 13.9. The summed E-state index contributed by atoms with van der Waals surface area (Å²) in [4.78, 5) is 20.0. The lowest BCUT2D eigenvalue weighted by atomic mass is 10.1. The van der Waals surface area contributed by atoms with Crippen LogP contribution in [0.3, 0.4) is 0 Å². The third kappa shape index (κ3) is 3.09. The fourth-order valence-corrected chi connectivity index (χ4v) is 1.75. The van der Waals surface area contributed by atoms with Crippen molar-refractivity contribution in [1.82, 2.24) is 15.3 Å². The summed E-state index contributed by atoms with van der Waals surface area (Å²) in [6, 6.07) is 5.88. The second-order valence-electron chi connectivity index (χ2n) is 4.25. The molecule has 2 aromatic rings. The third-order valence-electron chi connectivity index (χ3n) is 2.86. The number of nitrogens with one attached hydrogen (secondary N) is 2. The Hall–Kier alpha value is -2.50. The van der Waals surface area contributed by atoms with Gasteiger partial charge in [0.25, 0.3) is 5.91 Å². The summed E-state index contributed by atoms with van der Waals surface area (Å²) in [6.45, 7) is 1.71. The Morgan fingerprint density at radius 3 is 2.60 bits per heavy atom. The molecule has 1 amide bonds. The van der Waals surface area contributed by atoms with Gasteiger partial charge in [0.2, 0.25) is 0 Å². The normalized spacial score (nSPS) is 11.8. The molecular weight excluding hydrogens is 259 g/mol. The van der Waals surface area contributed by atoms with Gasteiger partial charge in [-0.25, -0.2) is 14.4 Å². The van der Waals surface area contributed by atoms with E-state index in [1.165, 1.54) is 18.5 Å². The lowest BCUT2D eigenvalue weighted by Crippen LogP contribution is -2.28. The van der Waals surface area contributed by atoms with Gasteiger partial charge in [-0.05, 0) is 13.0 Å². The lowest BCUT2D eigenvalue weighted by Gasteiger charge is -2.14. The first-order valence-corrected chi connectivity index (χ1v) is 6.17. The van der Waals surface area contributed by atoms with Gasteiger partial charge >= 0.3 is 0 Å². The Kier molecular flexibility index (Phi) is 4.24. The Bertz CT molecular complexity index is 600. The van der Waals surface area contributed by atoms with Crippen molar-refractivity contribution < 1.29 is 9.18 Å². The van der Waals surface area contributed by atoms with E-state index in [-0.39, 0.29) is 11.5 Å². The highest BCUT2D eigenvalue weighted by atomic mass is 19.1. The van der Waals surface area contributed by atoms with Crippen LogP contribution in [-0.4, -0.2) is 22.9 Å². The van der Waals surface area contributed by atoms with Crippen molar-refractivity contribution in [2.45, 2.75) is 13.0 Å². The molecule has 1 unspecified atom stereocenters. The minimum absolute atomic E-state index is 0.187. The molecule has 2 N–H and O–H groups in total. The van der Waals surface area contributed by atoms with Crippen LogP contribution >= 0.6 is 0 Å². The molecule has 0 aliphatic rings. The SMILES string of the molecule is CNc1cnc(C(=O)NC(C)c2ccccc2F)cn1. The highest BCUT2D eigenvalue weighted by Crippen LogP contribution is 2.16. The Morgan fingerprint density at radius 2 is 2.00 bits per heavy atom. The summed E-state index contributed by atoms with van der Waals surface area (Å²) in [5.74, 6) is -0.170. The predicted molar refractivity (Wildman–Crippen MR) is 73.9 cm³/mol. The van der Waals surface area contributed by atoms with Gasteiger partial charge < -0.3 is 10.6 Å². The van der Waals surface area contributed by atoms with E-state index >= 15 is 0 Å². The van der Waals surface area contributed by atoms with Crippen LogP contribution < -0.4 is 10.6 Å². The van der Waals surface area contributed by atoms with E-state index < -0.39 is 11.9 Å². The smallest absolute Gasteiger partial charge is 0.271 e. The standard InChI is InChI=1S/C14H15FN4O/c1-9(10-5-3-4-6-11(10)15)19-14(20)12-7-18-13(16-2)8-17-12/h3-9H,1-2H3,(H,16,18)(H,19,20). The maximum absolute atomic E-state index is 13.6. The van der Waals surface area contributed by atoms with E-state index in [0.717, 1.165) is 0 Å². The summed E-state index contributed by atoms with van der Waals surface area (Å²) < 4.78 is 13.6. The van der Waals surface area contributed by atoms with Crippen molar-refractivity contribution in [3.05, 3.63) is 53.7 Å². The second-order valence-corrected chi connectivity index (χ2v) is 4.25. The van der Waals surface area contributed by atoms with Gasteiger partial charge in [-0.15, -0.1) is 0 Å². The minimum Gasteiger partial charge on any atom is -0.372 e. The molecule has 0 aliphatic heterocycles. The molecule has 0 aliphatic carbocycles. The van der Waals surface area contributed by atoms with Crippen LogP contribution in [0.4, 0.5) is 10.2 Å². The van der Waals surface area contributed by atoms with Crippen molar-refractivity contribution in [1.29, 1.82) is 0 Å². The van der Waals surface area contributed by atoms with Crippen molar-refractivity contribution >= 4 is 11.7 Å². The molecule has 0 radical (unpaired) electrons. The van der Waals surface area contributed by atoms with Gasteiger partial charge in [0, 0.05) is 12.6 Å². The molecule has 5 nitrogen and oxygen atoms in total. The van der Waals surface area contributed by atoms with E-state index in [4.69, 9.17) is 0 Å². The highest BCUT2D eigenvalue weighted by Gasteiger charge is 2.15. The van der Waals surface area contributed by atoms with Crippen molar-refractivity contribution in [3.8, 4) is 0 Å². The second kappa shape index (κ2) is 6.10. The van der Waals surface area contributed by atoms with Gasteiger partial charge in [0.1, 0.15) is 17.3 Å². The molecule has 6 heteroatoms. The number of amides is 1. The fraction of sp³-hybridized carbons (Fsp3) is 0.214. The van der Waals surface area contributed by atoms with E-state index in [1.807, 2.05) is 0 Å². The number of hydrogen-bond acceptors (Lipinski definition) is 4. The largest absolute Gasteiger partial charge is 0.372 e. The number of nitrogens with zero attached hydrogens (tertiary/aromatic N) is 2. The topological polar surface area (TPSA) is 66.9 Å². The van der Waals surface area contributed by atoms with Crippen LogP contribution in [0, 0.1) is 5.82 Å². The van der Waals surface area contributed by atoms with Crippen molar-refractivity contribution in [2.24, 2.45) is 0 Å². The molecule has 0 fully saturated rings.